The molecule has 5 atom stereocenters. The minimum absolute atomic E-state index is 0.725. The largest absolute Gasteiger partial charge is 0.313 e. The van der Waals surface area contributed by atoms with E-state index in [-0.39, 0.29) is 0 Å². The third kappa shape index (κ3) is 3.76. The third-order valence-corrected chi connectivity index (χ3v) is 5.86. The number of hydrogen-bond donors (Lipinski definition) is 1. The first kappa shape index (κ1) is 16.3. The van der Waals surface area contributed by atoms with E-state index in [1.54, 1.807) is 0 Å². The lowest BCUT2D eigenvalue weighted by molar-refractivity contribution is 0.0200. The van der Waals surface area contributed by atoms with Crippen molar-refractivity contribution in [2.45, 2.75) is 84.8 Å². The Balaban J connectivity index is 2.09. The van der Waals surface area contributed by atoms with Crippen LogP contribution in [0.25, 0.3) is 0 Å². The van der Waals surface area contributed by atoms with Gasteiger partial charge in [-0.1, -0.05) is 27.7 Å². The molecule has 2 fully saturated rings. The second kappa shape index (κ2) is 7.26. The highest BCUT2D eigenvalue weighted by Gasteiger charge is 2.38. The fourth-order valence-corrected chi connectivity index (χ4v) is 4.44. The maximum Gasteiger partial charge on any atom is 0.0255 e. The van der Waals surface area contributed by atoms with Crippen LogP contribution in [0.1, 0.15) is 66.7 Å². The van der Waals surface area contributed by atoms with Crippen molar-refractivity contribution in [1.29, 1.82) is 0 Å². The fourth-order valence-electron chi connectivity index (χ4n) is 4.44. The number of likely N-dealkylation sites (N-methyl/N-ethyl adjacent to an activating group) is 1. The molecule has 2 nitrogen and oxygen atoms in total. The van der Waals surface area contributed by atoms with Gasteiger partial charge in [0.1, 0.15) is 0 Å². The van der Waals surface area contributed by atoms with Gasteiger partial charge in [0.25, 0.3) is 0 Å². The molecule has 1 saturated carbocycles. The van der Waals surface area contributed by atoms with Gasteiger partial charge in [0.05, 0.1) is 0 Å². The van der Waals surface area contributed by atoms with E-state index in [1.165, 1.54) is 38.6 Å². The number of rotatable bonds is 4. The van der Waals surface area contributed by atoms with Gasteiger partial charge >= 0.3 is 0 Å². The molecule has 1 heterocycles. The van der Waals surface area contributed by atoms with Gasteiger partial charge in [-0.2, -0.15) is 0 Å². The molecule has 2 aliphatic rings. The number of nitrogens with one attached hydrogen (secondary N) is 1. The van der Waals surface area contributed by atoms with Gasteiger partial charge in [0, 0.05) is 24.7 Å². The van der Waals surface area contributed by atoms with Crippen molar-refractivity contribution in [3.05, 3.63) is 0 Å². The molecule has 0 aromatic heterocycles. The average molecular weight is 280 g/mol. The monoisotopic (exact) mass is 280 g/mol. The lowest BCUT2D eigenvalue weighted by atomic mass is 9.75. The molecule has 1 saturated heterocycles. The number of nitrogens with zero attached hydrogens (tertiary/aromatic N) is 1. The van der Waals surface area contributed by atoms with Gasteiger partial charge in [-0.25, -0.2) is 0 Å². The van der Waals surface area contributed by atoms with Crippen LogP contribution in [0.2, 0.25) is 0 Å². The summed E-state index contributed by atoms with van der Waals surface area (Å²) in [4.78, 5) is 2.86. The Morgan fingerprint density at radius 2 is 1.85 bits per heavy atom. The van der Waals surface area contributed by atoms with E-state index >= 15 is 0 Å². The first-order valence-corrected chi connectivity index (χ1v) is 9.02. The van der Waals surface area contributed by atoms with Crippen LogP contribution >= 0.6 is 0 Å². The number of hydrogen-bond acceptors (Lipinski definition) is 2. The molecule has 2 rings (SSSR count). The summed E-state index contributed by atoms with van der Waals surface area (Å²) in [7, 11) is 0. The third-order valence-electron chi connectivity index (χ3n) is 5.86. The Hall–Kier alpha value is -0.0800. The first-order valence-electron chi connectivity index (χ1n) is 9.02. The van der Waals surface area contributed by atoms with Crippen molar-refractivity contribution in [3.63, 3.8) is 0 Å². The highest BCUT2D eigenvalue weighted by molar-refractivity contribution is 4.95. The predicted molar refractivity (Wildman–Crippen MR) is 88.0 cm³/mol. The van der Waals surface area contributed by atoms with Crippen LogP contribution in [0, 0.1) is 17.8 Å². The Kier molecular flexibility index (Phi) is 5.92. The highest BCUT2D eigenvalue weighted by Crippen LogP contribution is 2.36. The zero-order valence-electron chi connectivity index (χ0n) is 14.4. The Morgan fingerprint density at radius 1 is 1.10 bits per heavy atom. The molecule has 0 bridgehead atoms. The van der Waals surface area contributed by atoms with Crippen LogP contribution in [-0.4, -0.2) is 36.1 Å². The highest BCUT2D eigenvalue weighted by atomic mass is 15.2. The summed E-state index contributed by atoms with van der Waals surface area (Å²) < 4.78 is 0. The van der Waals surface area contributed by atoms with Gasteiger partial charge in [-0.3, -0.25) is 4.90 Å². The zero-order chi connectivity index (χ0) is 14.7. The van der Waals surface area contributed by atoms with Crippen LogP contribution in [0.4, 0.5) is 0 Å². The van der Waals surface area contributed by atoms with Crippen molar-refractivity contribution in [1.82, 2.24) is 10.2 Å². The average Bonchev–Trinajstić information content (AvgIpc) is 2.42. The summed E-state index contributed by atoms with van der Waals surface area (Å²) in [6, 6.07) is 2.28. The molecule has 20 heavy (non-hydrogen) atoms. The summed E-state index contributed by atoms with van der Waals surface area (Å²) >= 11 is 0. The first-order chi connectivity index (χ1) is 9.52. The molecule has 0 aromatic carbocycles. The Morgan fingerprint density at radius 3 is 2.50 bits per heavy atom. The lowest BCUT2D eigenvalue weighted by Gasteiger charge is -2.49. The quantitative estimate of drug-likeness (QED) is 0.840. The standard InChI is InChI=1S/C18H36N2/c1-6-19-17-10-9-16(13(2)3)11-18(17)20-12-14(4)7-8-15(20)5/h13-19H,6-12H2,1-5H3. The van der Waals surface area contributed by atoms with Gasteiger partial charge in [-0.05, 0) is 63.3 Å². The Bertz CT molecular complexity index is 289. The fraction of sp³-hybridized carbons (Fsp3) is 1.00. The van der Waals surface area contributed by atoms with Crippen molar-refractivity contribution < 1.29 is 0 Å². The molecule has 0 spiro atoms. The minimum Gasteiger partial charge on any atom is -0.313 e. The molecular formula is C18H36N2. The minimum atomic E-state index is 0.725. The molecule has 1 N–H and O–H groups in total. The van der Waals surface area contributed by atoms with Crippen LogP contribution in [0.5, 0.6) is 0 Å². The maximum absolute atomic E-state index is 3.79. The van der Waals surface area contributed by atoms with E-state index in [0.29, 0.717) is 0 Å². The molecule has 5 unspecified atom stereocenters. The second-order valence-electron chi connectivity index (χ2n) is 7.78. The second-order valence-corrected chi connectivity index (χ2v) is 7.78. The van der Waals surface area contributed by atoms with Gasteiger partial charge < -0.3 is 5.32 Å². The maximum atomic E-state index is 3.79. The summed E-state index contributed by atoms with van der Waals surface area (Å²) in [6.07, 6.45) is 7.02. The summed E-state index contributed by atoms with van der Waals surface area (Å²) in [5.41, 5.74) is 0. The van der Waals surface area contributed by atoms with E-state index in [0.717, 1.165) is 42.4 Å². The smallest absolute Gasteiger partial charge is 0.0255 e. The van der Waals surface area contributed by atoms with Gasteiger partial charge in [0.2, 0.25) is 0 Å². The summed E-state index contributed by atoms with van der Waals surface area (Å²) in [5, 5.41) is 3.79. The predicted octanol–water partition coefficient (Wildman–Crippen LogP) is 3.91. The number of piperidine rings is 1. The topological polar surface area (TPSA) is 15.3 Å². The zero-order valence-corrected chi connectivity index (χ0v) is 14.4. The van der Waals surface area contributed by atoms with E-state index in [4.69, 9.17) is 0 Å². The van der Waals surface area contributed by atoms with Crippen molar-refractivity contribution in [3.8, 4) is 0 Å². The van der Waals surface area contributed by atoms with E-state index in [9.17, 15) is 0 Å². The molecule has 0 aromatic rings. The molecular weight excluding hydrogens is 244 g/mol. The normalized spacial score (nSPS) is 40.2. The molecule has 0 amide bonds. The van der Waals surface area contributed by atoms with Crippen molar-refractivity contribution in [2.24, 2.45) is 17.8 Å². The van der Waals surface area contributed by atoms with E-state index in [2.05, 4.69) is 44.8 Å². The van der Waals surface area contributed by atoms with E-state index in [1.807, 2.05) is 0 Å². The molecule has 1 aliphatic carbocycles. The summed E-state index contributed by atoms with van der Waals surface area (Å²) in [6.45, 7) is 14.4. The van der Waals surface area contributed by atoms with Gasteiger partial charge in [0.15, 0.2) is 0 Å². The van der Waals surface area contributed by atoms with Crippen LogP contribution in [-0.2, 0) is 0 Å². The van der Waals surface area contributed by atoms with E-state index < -0.39 is 0 Å². The van der Waals surface area contributed by atoms with Crippen molar-refractivity contribution in [2.75, 3.05) is 13.1 Å². The van der Waals surface area contributed by atoms with Crippen molar-refractivity contribution >= 4 is 0 Å². The molecule has 118 valence electrons. The summed E-state index contributed by atoms with van der Waals surface area (Å²) in [5.74, 6) is 2.66. The molecule has 0 radical (unpaired) electrons. The SMILES string of the molecule is CCNC1CCC(C(C)C)CC1N1CC(C)CCC1C. The molecule has 2 heteroatoms. The van der Waals surface area contributed by atoms with Crippen LogP contribution in [0.15, 0.2) is 0 Å². The van der Waals surface area contributed by atoms with Crippen LogP contribution in [0.3, 0.4) is 0 Å². The van der Waals surface area contributed by atoms with Gasteiger partial charge in [-0.15, -0.1) is 0 Å². The van der Waals surface area contributed by atoms with Crippen LogP contribution < -0.4 is 5.32 Å². The lowest BCUT2D eigenvalue weighted by Crippen LogP contribution is -2.58. The molecule has 1 aliphatic heterocycles. The number of likely N-dealkylation sites (tertiary alicyclic amines) is 1. The Labute approximate surface area is 126 Å².